The van der Waals surface area contributed by atoms with Gasteiger partial charge in [-0.15, -0.1) is 10.2 Å². The lowest BCUT2D eigenvalue weighted by molar-refractivity contribution is -0.117. The summed E-state index contributed by atoms with van der Waals surface area (Å²) in [6.45, 7) is 5.83. The summed E-state index contributed by atoms with van der Waals surface area (Å²) in [6, 6.07) is 8.89. The van der Waals surface area contributed by atoms with E-state index in [4.69, 9.17) is 0 Å². The molecule has 0 unspecified atom stereocenters. The molecule has 7 nitrogen and oxygen atoms in total. The number of benzene rings is 1. The van der Waals surface area contributed by atoms with Gasteiger partial charge in [-0.1, -0.05) is 18.6 Å². The van der Waals surface area contributed by atoms with Crippen molar-refractivity contribution in [3.63, 3.8) is 0 Å². The van der Waals surface area contributed by atoms with Gasteiger partial charge in [-0.05, 0) is 43.5 Å². The maximum atomic E-state index is 11.9. The van der Waals surface area contributed by atoms with Crippen molar-refractivity contribution in [1.82, 2.24) is 25.0 Å². The van der Waals surface area contributed by atoms with Crippen LogP contribution in [0.25, 0.3) is 0 Å². The van der Waals surface area contributed by atoms with Crippen LogP contribution >= 0.6 is 0 Å². The number of fused-ring (bicyclic) bond motifs is 1. The molecule has 7 heteroatoms. The molecule has 1 aromatic carbocycles. The molecule has 1 aromatic heterocycles. The van der Waals surface area contributed by atoms with E-state index in [9.17, 15) is 4.79 Å². The molecule has 2 saturated heterocycles. The highest BCUT2D eigenvalue weighted by atomic mass is 16.2. The molecule has 5 rings (SSSR count). The Morgan fingerprint density at radius 1 is 0.966 bits per heavy atom. The lowest BCUT2D eigenvalue weighted by Gasteiger charge is -2.24. The van der Waals surface area contributed by atoms with Crippen molar-refractivity contribution in [2.45, 2.75) is 57.7 Å². The molecule has 2 aromatic rings. The van der Waals surface area contributed by atoms with Crippen molar-refractivity contribution >= 4 is 11.6 Å². The van der Waals surface area contributed by atoms with E-state index >= 15 is 0 Å². The Morgan fingerprint density at radius 3 is 2.62 bits per heavy atom. The number of nitrogens with zero attached hydrogens (tertiary/aromatic N) is 5. The van der Waals surface area contributed by atoms with Crippen LogP contribution < -0.4 is 10.2 Å². The van der Waals surface area contributed by atoms with Crippen molar-refractivity contribution in [2.24, 2.45) is 0 Å². The van der Waals surface area contributed by atoms with Crippen LogP contribution in [0.2, 0.25) is 0 Å². The first kappa shape index (κ1) is 18.8. The Hall–Kier alpha value is -2.25. The number of hydrogen-bond donors (Lipinski definition) is 1. The predicted molar refractivity (Wildman–Crippen MR) is 112 cm³/mol. The summed E-state index contributed by atoms with van der Waals surface area (Å²) >= 11 is 0. The summed E-state index contributed by atoms with van der Waals surface area (Å²) in [7, 11) is 0. The fourth-order valence-corrected chi connectivity index (χ4v) is 4.84. The molecule has 4 heterocycles. The SMILES string of the molecule is O=C1CCCN1c1ccc(CN2CCc3nnc([C@@H]4CCCCN4)n3CC2)cc1. The third-order valence-electron chi connectivity index (χ3n) is 6.50. The third kappa shape index (κ3) is 3.94. The molecular formula is C22H30N6O. The van der Waals surface area contributed by atoms with Crippen LogP contribution in [0.1, 0.15) is 55.4 Å². The van der Waals surface area contributed by atoms with Gasteiger partial charge in [-0.2, -0.15) is 0 Å². The molecule has 0 aliphatic carbocycles. The van der Waals surface area contributed by atoms with E-state index in [1.807, 2.05) is 4.90 Å². The quantitative estimate of drug-likeness (QED) is 0.862. The standard InChI is InChI=1S/C22H30N6O/c29-21-5-3-12-27(21)18-8-6-17(7-9-18)16-26-13-10-20-24-25-22(28(20)15-14-26)19-4-1-2-11-23-19/h6-9,19,23H,1-5,10-16H2/t19-/m0/s1. The van der Waals surface area contributed by atoms with Crippen LogP contribution in [0.5, 0.6) is 0 Å². The number of hydrogen-bond acceptors (Lipinski definition) is 5. The molecule has 1 N–H and O–H groups in total. The van der Waals surface area contributed by atoms with Gasteiger partial charge in [0.15, 0.2) is 0 Å². The number of nitrogens with one attached hydrogen (secondary N) is 1. The molecule has 154 valence electrons. The number of anilines is 1. The van der Waals surface area contributed by atoms with Gasteiger partial charge in [0.25, 0.3) is 0 Å². The normalized spacial score (nSPS) is 23.2. The number of aromatic nitrogens is 3. The largest absolute Gasteiger partial charge is 0.312 e. The first-order valence-electron chi connectivity index (χ1n) is 11.0. The zero-order valence-electron chi connectivity index (χ0n) is 17.0. The maximum absolute atomic E-state index is 11.9. The Morgan fingerprint density at radius 2 is 1.86 bits per heavy atom. The summed E-state index contributed by atoms with van der Waals surface area (Å²) in [6.07, 6.45) is 6.28. The van der Waals surface area contributed by atoms with Gasteiger partial charge < -0.3 is 14.8 Å². The van der Waals surface area contributed by atoms with Crippen molar-refractivity contribution < 1.29 is 4.79 Å². The van der Waals surface area contributed by atoms with E-state index < -0.39 is 0 Å². The second kappa shape index (κ2) is 8.24. The minimum Gasteiger partial charge on any atom is -0.312 e. The van der Waals surface area contributed by atoms with Crippen LogP contribution in [0, 0.1) is 0 Å². The van der Waals surface area contributed by atoms with Gasteiger partial charge in [0.1, 0.15) is 11.6 Å². The molecule has 1 atom stereocenters. The molecule has 0 bridgehead atoms. The zero-order chi connectivity index (χ0) is 19.6. The molecular weight excluding hydrogens is 364 g/mol. The highest BCUT2D eigenvalue weighted by Crippen LogP contribution is 2.24. The van der Waals surface area contributed by atoms with Crippen molar-refractivity contribution in [3.05, 3.63) is 41.5 Å². The molecule has 0 spiro atoms. The summed E-state index contributed by atoms with van der Waals surface area (Å²) in [5.74, 6) is 2.50. The minimum absolute atomic E-state index is 0.247. The van der Waals surface area contributed by atoms with E-state index in [-0.39, 0.29) is 5.91 Å². The number of carbonyl (C=O) groups excluding carboxylic acids is 1. The molecule has 3 aliphatic heterocycles. The monoisotopic (exact) mass is 394 g/mol. The van der Waals surface area contributed by atoms with Crippen molar-refractivity contribution in [2.75, 3.05) is 31.1 Å². The fraction of sp³-hybridized carbons (Fsp3) is 0.591. The second-order valence-corrected chi connectivity index (χ2v) is 8.47. The van der Waals surface area contributed by atoms with Crippen LogP contribution in [-0.2, 0) is 24.3 Å². The summed E-state index contributed by atoms with van der Waals surface area (Å²) in [5.41, 5.74) is 2.33. The number of carbonyl (C=O) groups is 1. The average molecular weight is 395 g/mol. The van der Waals surface area contributed by atoms with Crippen LogP contribution in [0.4, 0.5) is 5.69 Å². The van der Waals surface area contributed by atoms with E-state index in [0.29, 0.717) is 12.5 Å². The Bertz CT molecular complexity index is 855. The lowest BCUT2D eigenvalue weighted by Crippen LogP contribution is -2.30. The highest BCUT2D eigenvalue weighted by Gasteiger charge is 2.25. The van der Waals surface area contributed by atoms with Crippen LogP contribution in [-0.4, -0.2) is 51.8 Å². The highest BCUT2D eigenvalue weighted by molar-refractivity contribution is 5.95. The summed E-state index contributed by atoms with van der Waals surface area (Å²) < 4.78 is 2.35. The predicted octanol–water partition coefficient (Wildman–Crippen LogP) is 2.28. The lowest BCUT2D eigenvalue weighted by atomic mass is 10.0. The van der Waals surface area contributed by atoms with Crippen LogP contribution in [0.15, 0.2) is 24.3 Å². The van der Waals surface area contributed by atoms with E-state index in [2.05, 4.69) is 49.2 Å². The van der Waals surface area contributed by atoms with Gasteiger partial charge in [0.2, 0.25) is 5.91 Å². The van der Waals surface area contributed by atoms with E-state index in [1.54, 1.807) is 0 Å². The maximum Gasteiger partial charge on any atom is 0.227 e. The molecule has 29 heavy (non-hydrogen) atoms. The minimum atomic E-state index is 0.247. The molecule has 2 fully saturated rings. The number of amides is 1. The molecule has 0 saturated carbocycles. The van der Waals surface area contributed by atoms with Gasteiger partial charge in [0.05, 0.1) is 6.04 Å². The van der Waals surface area contributed by atoms with Crippen molar-refractivity contribution in [1.29, 1.82) is 0 Å². The number of piperidine rings is 1. The third-order valence-corrected chi connectivity index (χ3v) is 6.50. The van der Waals surface area contributed by atoms with E-state index in [1.165, 1.54) is 18.4 Å². The summed E-state index contributed by atoms with van der Waals surface area (Å²) in [5, 5.41) is 12.6. The van der Waals surface area contributed by atoms with Crippen molar-refractivity contribution in [3.8, 4) is 0 Å². The average Bonchev–Trinajstić information content (AvgIpc) is 3.32. The van der Waals surface area contributed by atoms with Gasteiger partial charge in [-0.25, -0.2) is 0 Å². The van der Waals surface area contributed by atoms with Gasteiger partial charge in [-0.3, -0.25) is 9.69 Å². The van der Waals surface area contributed by atoms with Crippen LogP contribution in [0.3, 0.4) is 0 Å². The topological polar surface area (TPSA) is 66.3 Å². The smallest absolute Gasteiger partial charge is 0.227 e. The zero-order valence-corrected chi connectivity index (χ0v) is 17.0. The van der Waals surface area contributed by atoms with Gasteiger partial charge in [0, 0.05) is 51.3 Å². The van der Waals surface area contributed by atoms with E-state index in [0.717, 1.165) is 75.9 Å². The molecule has 3 aliphatic rings. The molecule has 0 radical (unpaired) electrons. The Labute approximate surface area is 172 Å². The first-order valence-corrected chi connectivity index (χ1v) is 11.0. The van der Waals surface area contributed by atoms with Gasteiger partial charge >= 0.3 is 0 Å². The fourth-order valence-electron chi connectivity index (χ4n) is 4.84. The summed E-state index contributed by atoms with van der Waals surface area (Å²) in [4.78, 5) is 16.3. The first-order chi connectivity index (χ1) is 14.3. The second-order valence-electron chi connectivity index (χ2n) is 8.47. The Kier molecular flexibility index (Phi) is 5.33. The number of rotatable bonds is 4. The Balaban J connectivity index is 1.22. The molecule has 1 amide bonds.